The Kier molecular flexibility index (Phi) is 76.9. The Balaban J connectivity index is 2.92. The molecule has 0 fully saturated rings. The summed E-state index contributed by atoms with van der Waals surface area (Å²) in [6.07, 6.45) is 35.5. The Hall–Kier alpha value is -6.64. The van der Waals surface area contributed by atoms with E-state index in [4.69, 9.17) is 52.1 Å². The number of hydrogen-bond donors (Lipinski definition) is 9. The predicted molar refractivity (Wildman–Crippen MR) is 483 cm³/mol. The van der Waals surface area contributed by atoms with Crippen LogP contribution in [-0.2, 0) is 102 Å². The van der Waals surface area contributed by atoms with Gasteiger partial charge in [0, 0.05) is 6.61 Å². The van der Waals surface area contributed by atoms with Crippen molar-refractivity contribution < 1.29 is 151 Å². The zero-order chi connectivity index (χ0) is 93.3. The fraction of sp³-hybridized carbons (Fsp3) is 0.835. The van der Waals surface area contributed by atoms with Gasteiger partial charge in [-0.3, -0.25) is 43.2 Å². The van der Waals surface area contributed by atoms with Crippen LogP contribution in [0, 0.1) is 52.8 Å². The highest BCUT2D eigenvalue weighted by atomic mass is 16.7. The first-order valence-electron chi connectivity index (χ1n) is 50.0. The molecule has 0 spiro atoms. The van der Waals surface area contributed by atoms with E-state index in [1.807, 2.05) is 30.3 Å². The van der Waals surface area contributed by atoms with Crippen molar-refractivity contribution in [2.75, 3.05) is 125 Å². The largest absolute Gasteiger partial charge is 0.508 e. The van der Waals surface area contributed by atoms with Crippen molar-refractivity contribution in [1.29, 1.82) is 0 Å². The predicted octanol–water partition coefficient (Wildman–Crippen LogP) is 8.62. The van der Waals surface area contributed by atoms with Gasteiger partial charge in [0.2, 0.25) is 0 Å². The number of quaternary nitrogens is 8. The number of esters is 9. The van der Waals surface area contributed by atoms with Crippen molar-refractivity contribution >= 4 is 59.9 Å². The first kappa shape index (κ1) is 118. The second kappa shape index (κ2) is 82.5. The molecule has 0 saturated carbocycles. The standard InChI is InChI=1S/C97H176N8O22/c1-3-4-5-6-7-8-9-10-11-31-67-124-95(115)97(2,77-127-96(116)125-75-78-40-13-12-14-41-78)76-126-94(114)86(49-22-30-65-105)57-39-74-123-93(113)85(48-21-29-64-104)56-38-73-122-92(112)84(47-20-28-63-103)55-37-72-121-91(111)83(46-19-27-62-102)54-36-71-120-90(110)82(45-18-26-61-101)53-35-70-119-89(109)81(44-17-25-60-100)52-34-69-118-88(108)80(43-16-24-59-99)51-33-68-117-87(107)79(50-32-66-106)42-15-23-58-98/h12-14,40-41,79-86,106H,3-11,15-39,42-77,98-105H2,1-2H3/p+8/t79-,80-,81-,82-,83-,84-,85-,86-,97?/m1/s1. The molecule has 0 amide bonds. The van der Waals surface area contributed by atoms with E-state index in [1.54, 1.807) is 6.92 Å². The van der Waals surface area contributed by atoms with Gasteiger partial charge in [0.15, 0.2) is 0 Å². The third-order valence-corrected chi connectivity index (χ3v) is 23.9. The molecule has 25 N–H and O–H groups in total. The van der Waals surface area contributed by atoms with Gasteiger partial charge in [0.1, 0.15) is 25.2 Å². The molecule has 1 unspecified atom stereocenters. The van der Waals surface area contributed by atoms with Gasteiger partial charge in [0.05, 0.1) is 153 Å². The number of carbonyl (C=O) groups is 10. The van der Waals surface area contributed by atoms with Gasteiger partial charge < -0.3 is 103 Å². The molecule has 0 aliphatic carbocycles. The quantitative estimate of drug-likeness (QED) is 0.0167. The average Bonchev–Trinajstić information content (AvgIpc) is 0.843. The minimum absolute atomic E-state index is 0.0194. The summed E-state index contributed by atoms with van der Waals surface area (Å²) in [5, 5.41) is 9.37. The summed E-state index contributed by atoms with van der Waals surface area (Å²) in [5.74, 6) is -6.68. The molecule has 736 valence electrons. The fourth-order valence-electron chi connectivity index (χ4n) is 15.7. The lowest BCUT2D eigenvalue weighted by Crippen LogP contribution is -2.50. The number of ether oxygens (including phenoxy) is 11. The molecule has 0 bridgehead atoms. The van der Waals surface area contributed by atoms with Crippen molar-refractivity contribution in [1.82, 2.24) is 0 Å². The van der Waals surface area contributed by atoms with Crippen LogP contribution < -0.4 is 45.9 Å². The Bertz CT molecular complexity index is 2930. The van der Waals surface area contributed by atoms with Crippen LogP contribution in [0.4, 0.5) is 4.79 Å². The third kappa shape index (κ3) is 62.4. The van der Waals surface area contributed by atoms with Gasteiger partial charge in [-0.15, -0.1) is 0 Å². The molecule has 0 heterocycles. The van der Waals surface area contributed by atoms with Gasteiger partial charge in [-0.05, 0) is 276 Å². The molecule has 9 atom stereocenters. The maximum Gasteiger partial charge on any atom is 0.508 e. The Morgan fingerprint density at radius 3 is 0.732 bits per heavy atom. The van der Waals surface area contributed by atoms with E-state index < -0.39 is 72.2 Å². The van der Waals surface area contributed by atoms with Crippen LogP contribution in [0.25, 0.3) is 0 Å². The summed E-state index contributed by atoms with van der Waals surface area (Å²) < 4.78 is 63.5. The lowest BCUT2D eigenvalue weighted by Gasteiger charge is -2.27. The summed E-state index contributed by atoms with van der Waals surface area (Å²) >= 11 is 0. The van der Waals surface area contributed by atoms with Crippen LogP contribution in [0.15, 0.2) is 30.3 Å². The Morgan fingerprint density at radius 1 is 0.260 bits per heavy atom. The normalized spacial score (nSPS) is 13.8. The number of unbranched alkanes of at least 4 members (excludes halogenated alkanes) is 17. The topological polar surface area (TPSA) is 514 Å². The lowest BCUT2D eigenvalue weighted by atomic mass is 9.92. The lowest BCUT2D eigenvalue weighted by molar-refractivity contribution is -0.369. The van der Waals surface area contributed by atoms with Gasteiger partial charge in [-0.1, -0.05) is 95.0 Å². The number of aliphatic hydroxyl groups excluding tert-OH is 1. The average molecular weight is 1810 g/mol. The van der Waals surface area contributed by atoms with Crippen LogP contribution in [-0.4, -0.2) is 190 Å². The molecular formula is C97H184N8O22+8. The molecule has 0 aliphatic heterocycles. The SMILES string of the molecule is CCCCCCCCCCCCOC(=O)C(C)(COC(=O)OCc1ccccc1)COC(=O)[C@H](CCCC[NH3+])CCCOC(=O)[C@H](CCCC[NH3+])CCCOC(=O)[C@H](CCCC[NH3+])CCCOC(=O)[C@H](CCCC[NH3+])CCCOC(=O)[C@H](CCCC[NH3+])CCCOC(=O)[C@H](CCCC[NH3+])CCCOC(=O)[C@H](CCCC[NH3+])CCCOC(=O)[C@@H](CCCO)CCCC[NH3+]. The molecule has 30 nitrogen and oxygen atoms in total. The van der Waals surface area contributed by atoms with Crippen LogP contribution in [0.3, 0.4) is 0 Å². The van der Waals surface area contributed by atoms with Crippen molar-refractivity contribution in [3.05, 3.63) is 35.9 Å². The molecule has 0 radical (unpaired) electrons. The second-order valence-electron chi connectivity index (χ2n) is 35.2. The molecular weight excluding hydrogens is 1630 g/mol. The maximum atomic E-state index is 14.0. The highest BCUT2D eigenvalue weighted by molar-refractivity contribution is 5.79. The molecule has 127 heavy (non-hydrogen) atoms. The zero-order valence-electron chi connectivity index (χ0n) is 79.7. The van der Waals surface area contributed by atoms with Crippen LogP contribution >= 0.6 is 0 Å². The van der Waals surface area contributed by atoms with Crippen molar-refractivity contribution in [3.63, 3.8) is 0 Å². The minimum Gasteiger partial charge on any atom is -0.465 e. The molecule has 0 saturated heterocycles. The summed E-state index contributed by atoms with van der Waals surface area (Å²) in [6, 6.07) is 9.13. The van der Waals surface area contributed by atoms with Crippen LogP contribution in [0.1, 0.15) is 340 Å². The molecule has 30 heteroatoms. The number of rotatable bonds is 89. The van der Waals surface area contributed by atoms with E-state index in [0.717, 1.165) is 160 Å². The smallest absolute Gasteiger partial charge is 0.465 e. The Morgan fingerprint density at radius 2 is 0.480 bits per heavy atom. The van der Waals surface area contributed by atoms with Crippen molar-refractivity contribution in [3.8, 4) is 0 Å². The van der Waals surface area contributed by atoms with E-state index in [-0.39, 0.29) is 120 Å². The Labute approximate surface area is 762 Å². The van der Waals surface area contributed by atoms with Crippen molar-refractivity contribution in [2.45, 2.75) is 341 Å². The molecule has 0 aromatic heterocycles. The van der Waals surface area contributed by atoms with E-state index in [0.29, 0.717) is 180 Å². The molecule has 1 aromatic carbocycles. The van der Waals surface area contributed by atoms with E-state index in [1.165, 1.54) is 38.5 Å². The zero-order valence-corrected chi connectivity index (χ0v) is 79.7. The highest BCUT2D eigenvalue weighted by Gasteiger charge is 2.40. The van der Waals surface area contributed by atoms with Crippen molar-refractivity contribution in [2.24, 2.45) is 52.8 Å². The number of hydrogen-bond acceptors (Lipinski definition) is 22. The van der Waals surface area contributed by atoms with E-state index in [2.05, 4.69) is 52.8 Å². The summed E-state index contributed by atoms with van der Waals surface area (Å²) in [5.41, 5.74) is 31.0. The first-order valence-corrected chi connectivity index (χ1v) is 50.0. The fourth-order valence-corrected chi connectivity index (χ4v) is 15.7. The molecule has 1 aromatic rings. The van der Waals surface area contributed by atoms with Gasteiger partial charge in [-0.25, -0.2) is 4.79 Å². The molecule has 0 aliphatic rings. The van der Waals surface area contributed by atoms with Gasteiger partial charge >= 0.3 is 59.9 Å². The van der Waals surface area contributed by atoms with Crippen LogP contribution in [0.2, 0.25) is 0 Å². The second-order valence-corrected chi connectivity index (χ2v) is 35.2. The minimum atomic E-state index is -1.53. The summed E-state index contributed by atoms with van der Waals surface area (Å²) in [7, 11) is 0. The van der Waals surface area contributed by atoms with Gasteiger partial charge in [-0.2, -0.15) is 0 Å². The number of carbonyl (C=O) groups excluding carboxylic acids is 10. The third-order valence-electron chi connectivity index (χ3n) is 23.9. The van der Waals surface area contributed by atoms with Gasteiger partial charge in [0.25, 0.3) is 0 Å². The summed E-state index contributed by atoms with van der Waals surface area (Å²) in [4.78, 5) is 136. The van der Waals surface area contributed by atoms with Crippen LogP contribution in [0.5, 0.6) is 0 Å². The number of benzene rings is 1. The number of aliphatic hydroxyl groups is 1. The summed E-state index contributed by atoms with van der Waals surface area (Å²) in [6.45, 7) is 9.90. The first-order chi connectivity index (χ1) is 61.8. The van der Waals surface area contributed by atoms with E-state index >= 15 is 0 Å². The monoisotopic (exact) mass is 1810 g/mol. The highest BCUT2D eigenvalue weighted by Crippen LogP contribution is 2.29. The maximum absolute atomic E-state index is 14.0. The van der Waals surface area contributed by atoms with E-state index in [9.17, 15) is 53.1 Å². The molecule has 1 rings (SSSR count).